The number of nitrogens with zero attached hydrogens (tertiary/aromatic N) is 1. The molecule has 3 nitrogen and oxygen atoms in total. The number of likely N-dealkylation sites (tertiary alicyclic amines) is 1. The second kappa shape index (κ2) is 5.30. The highest BCUT2D eigenvalue weighted by molar-refractivity contribution is 6.01. The fourth-order valence-corrected chi connectivity index (χ4v) is 3.44. The molecule has 0 radical (unpaired) electrons. The molecule has 0 aromatic heterocycles. The molecule has 1 aliphatic carbocycles. The molecule has 96 valence electrons. The van der Waals surface area contributed by atoms with E-state index in [0.29, 0.717) is 18.3 Å². The van der Waals surface area contributed by atoms with Crippen molar-refractivity contribution in [3.05, 3.63) is 0 Å². The van der Waals surface area contributed by atoms with Crippen LogP contribution in [0.5, 0.6) is 0 Å². The lowest BCUT2D eigenvalue weighted by Crippen LogP contribution is -2.46. The average molecular weight is 237 g/mol. The van der Waals surface area contributed by atoms with Gasteiger partial charge in [-0.25, -0.2) is 0 Å². The van der Waals surface area contributed by atoms with Crippen LogP contribution in [0, 0.1) is 17.8 Å². The van der Waals surface area contributed by atoms with Gasteiger partial charge in [-0.3, -0.25) is 9.59 Å². The summed E-state index contributed by atoms with van der Waals surface area (Å²) in [4.78, 5) is 25.8. The normalized spacial score (nSPS) is 34.5. The minimum atomic E-state index is -0.294. The van der Waals surface area contributed by atoms with Crippen molar-refractivity contribution in [2.45, 2.75) is 39.5 Å². The molecule has 2 fully saturated rings. The summed E-state index contributed by atoms with van der Waals surface area (Å²) in [7, 11) is 0. The van der Waals surface area contributed by atoms with Crippen molar-refractivity contribution in [2.75, 3.05) is 19.6 Å². The Bertz CT molecular complexity index is 313. The maximum Gasteiger partial charge on any atom is 0.143 e. The van der Waals surface area contributed by atoms with Crippen LogP contribution in [0.2, 0.25) is 0 Å². The number of fused-ring (bicyclic) bond motifs is 1. The predicted octanol–water partition coefficient (Wildman–Crippen LogP) is 1.90. The van der Waals surface area contributed by atoms with E-state index in [0.717, 1.165) is 32.5 Å². The quantitative estimate of drug-likeness (QED) is 0.704. The molecule has 0 bridgehead atoms. The van der Waals surface area contributed by atoms with Crippen LogP contribution < -0.4 is 0 Å². The number of Topliss-reactive ketones (excluding diaryl/α,β-unsaturated/α-hetero) is 2. The van der Waals surface area contributed by atoms with E-state index in [9.17, 15) is 9.59 Å². The fourth-order valence-electron chi connectivity index (χ4n) is 3.44. The molecular weight excluding hydrogens is 214 g/mol. The molecule has 3 heteroatoms. The van der Waals surface area contributed by atoms with Gasteiger partial charge in [0.2, 0.25) is 0 Å². The van der Waals surface area contributed by atoms with Gasteiger partial charge in [0, 0.05) is 13.0 Å². The largest absolute Gasteiger partial charge is 0.303 e. The Balaban J connectivity index is 1.99. The molecule has 0 aromatic rings. The second-order valence-corrected chi connectivity index (χ2v) is 5.68. The summed E-state index contributed by atoms with van der Waals surface area (Å²) in [5, 5.41) is 0. The minimum absolute atomic E-state index is 0.0704. The summed E-state index contributed by atoms with van der Waals surface area (Å²) in [6, 6.07) is 0. The first kappa shape index (κ1) is 12.7. The summed E-state index contributed by atoms with van der Waals surface area (Å²) in [5.41, 5.74) is 0. The van der Waals surface area contributed by atoms with Crippen LogP contribution in [0.1, 0.15) is 39.5 Å². The summed E-state index contributed by atoms with van der Waals surface area (Å²) in [5.74, 6) is 1.09. The Kier molecular flexibility index (Phi) is 3.97. The molecule has 0 spiro atoms. The predicted molar refractivity (Wildman–Crippen MR) is 66.7 cm³/mol. The minimum Gasteiger partial charge on any atom is -0.303 e. The second-order valence-electron chi connectivity index (χ2n) is 5.68. The zero-order valence-electron chi connectivity index (χ0n) is 10.9. The molecule has 3 atom stereocenters. The summed E-state index contributed by atoms with van der Waals surface area (Å²) < 4.78 is 0. The first-order valence-electron chi connectivity index (χ1n) is 6.87. The van der Waals surface area contributed by atoms with Gasteiger partial charge in [-0.05, 0) is 51.1 Å². The highest BCUT2D eigenvalue weighted by Crippen LogP contribution is 2.37. The van der Waals surface area contributed by atoms with E-state index < -0.39 is 0 Å². The van der Waals surface area contributed by atoms with Gasteiger partial charge in [0.1, 0.15) is 11.6 Å². The van der Waals surface area contributed by atoms with Gasteiger partial charge >= 0.3 is 0 Å². The topological polar surface area (TPSA) is 37.4 Å². The molecule has 0 amide bonds. The Labute approximate surface area is 104 Å². The highest BCUT2D eigenvalue weighted by atomic mass is 16.1. The first-order valence-corrected chi connectivity index (χ1v) is 6.87. The van der Waals surface area contributed by atoms with Crippen LogP contribution in [-0.2, 0) is 9.59 Å². The molecule has 2 rings (SSSR count). The van der Waals surface area contributed by atoms with Gasteiger partial charge < -0.3 is 4.90 Å². The van der Waals surface area contributed by atoms with Gasteiger partial charge in [0.25, 0.3) is 0 Å². The van der Waals surface area contributed by atoms with Crippen LogP contribution in [0.15, 0.2) is 0 Å². The molecule has 17 heavy (non-hydrogen) atoms. The van der Waals surface area contributed by atoms with Crippen molar-refractivity contribution in [1.82, 2.24) is 4.90 Å². The molecule has 1 saturated carbocycles. The van der Waals surface area contributed by atoms with E-state index in [1.807, 2.05) is 0 Å². The third-order valence-electron chi connectivity index (χ3n) is 4.40. The zero-order valence-corrected chi connectivity index (χ0v) is 10.9. The molecule has 0 aromatic carbocycles. The number of rotatable bonds is 3. The van der Waals surface area contributed by atoms with Crippen molar-refractivity contribution < 1.29 is 9.59 Å². The molecule has 1 saturated heterocycles. The van der Waals surface area contributed by atoms with E-state index in [4.69, 9.17) is 0 Å². The van der Waals surface area contributed by atoms with Crippen molar-refractivity contribution >= 4 is 11.6 Å². The smallest absolute Gasteiger partial charge is 0.143 e. The van der Waals surface area contributed by atoms with Gasteiger partial charge in [-0.2, -0.15) is 0 Å². The lowest BCUT2D eigenvalue weighted by molar-refractivity contribution is -0.137. The number of hydrogen-bond donors (Lipinski definition) is 0. The number of hydrogen-bond acceptors (Lipinski definition) is 3. The fraction of sp³-hybridized carbons (Fsp3) is 0.857. The average Bonchev–Trinajstić information content (AvgIpc) is 2.28. The SMILES string of the molecule is CCCN1CCC2CC(=O)C(C(C)=O)CC2C1. The van der Waals surface area contributed by atoms with Gasteiger partial charge in [0.05, 0.1) is 5.92 Å². The number of carbonyl (C=O) groups is 2. The standard InChI is InChI=1S/C14H23NO2/c1-3-5-15-6-4-11-8-14(17)13(10(2)16)7-12(11)9-15/h11-13H,3-9H2,1-2H3. The zero-order chi connectivity index (χ0) is 12.4. The molecule has 0 N–H and O–H groups in total. The molecular formula is C14H23NO2. The summed E-state index contributed by atoms with van der Waals surface area (Å²) in [6.07, 6.45) is 3.78. The van der Waals surface area contributed by atoms with E-state index in [-0.39, 0.29) is 17.5 Å². The molecule has 2 aliphatic rings. The van der Waals surface area contributed by atoms with Crippen molar-refractivity contribution in [1.29, 1.82) is 0 Å². The Morgan fingerprint density at radius 3 is 2.82 bits per heavy atom. The van der Waals surface area contributed by atoms with Crippen molar-refractivity contribution in [3.8, 4) is 0 Å². The van der Waals surface area contributed by atoms with E-state index in [2.05, 4.69) is 11.8 Å². The molecule has 3 unspecified atom stereocenters. The summed E-state index contributed by atoms with van der Waals surface area (Å²) in [6.45, 7) is 7.15. The van der Waals surface area contributed by atoms with E-state index >= 15 is 0 Å². The van der Waals surface area contributed by atoms with E-state index in [1.165, 1.54) is 6.42 Å². The van der Waals surface area contributed by atoms with Crippen LogP contribution in [0.3, 0.4) is 0 Å². The van der Waals surface area contributed by atoms with Crippen LogP contribution >= 0.6 is 0 Å². The number of piperidine rings is 1. The third-order valence-corrected chi connectivity index (χ3v) is 4.40. The Morgan fingerprint density at radius 2 is 2.18 bits per heavy atom. The first-order chi connectivity index (χ1) is 8.11. The van der Waals surface area contributed by atoms with Gasteiger partial charge in [0.15, 0.2) is 0 Å². The highest BCUT2D eigenvalue weighted by Gasteiger charge is 2.40. The third kappa shape index (κ3) is 2.76. The maximum absolute atomic E-state index is 11.9. The molecule has 1 aliphatic heterocycles. The lowest BCUT2D eigenvalue weighted by Gasteiger charge is -2.42. The summed E-state index contributed by atoms with van der Waals surface area (Å²) >= 11 is 0. The number of carbonyl (C=O) groups excluding carboxylic acids is 2. The monoisotopic (exact) mass is 237 g/mol. The number of ketones is 2. The van der Waals surface area contributed by atoms with Crippen LogP contribution in [-0.4, -0.2) is 36.1 Å². The lowest BCUT2D eigenvalue weighted by atomic mass is 9.69. The van der Waals surface area contributed by atoms with Crippen molar-refractivity contribution in [3.63, 3.8) is 0 Å². The Morgan fingerprint density at radius 1 is 1.41 bits per heavy atom. The van der Waals surface area contributed by atoms with Crippen LogP contribution in [0.25, 0.3) is 0 Å². The van der Waals surface area contributed by atoms with Gasteiger partial charge in [-0.15, -0.1) is 0 Å². The Hall–Kier alpha value is -0.700. The van der Waals surface area contributed by atoms with E-state index in [1.54, 1.807) is 6.92 Å². The maximum atomic E-state index is 11.9. The van der Waals surface area contributed by atoms with Gasteiger partial charge in [-0.1, -0.05) is 6.92 Å². The van der Waals surface area contributed by atoms with Crippen molar-refractivity contribution in [2.24, 2.45) is 17.8 Å². The molecule has 1 heterocycles. The van der Waals surface area contributed by atoms with Crippen LogP contribution in [0.4, 0.5) is 0 Å².